The number of aromatic nitrogens is 3. The molecule has 0 spiro atoms. The molecular formula is C12H14N6. The lowest BCUT2D eigenvalue weighted by molar-refractivity contribution is 0.974. The molecular weight excluding hydrogens is 228 g/mol. The highest BCUT2D eigenvalue weighted by Crippen LogP contribution is 2.13. The minimum absolute atomic E-state index is 0.300. The largest absolute Gasteiger partial charge is 0.367 e. The zero-order chi connectivity index (χ0) is 12.8. The van der Waals surface area contributed by atoms with Gasteiger partial charge < -0.3 is 15.2 Å². The standard InChI is InChI=1S/C12H14N6/c1-18(5-3-13)12-6-11(16-9-17-12)15-8-10-2-4-14-7-10/h2,4,6-7,9,14H,5,8H2,1H3,(H,15,16,17). The van der Waals surface area contributed by atoms with Crippen molar-refractivity contribution < 1.29 is 0 Å². The number of nitriles is 1. The van der Waals surface area contributed by atoms with Gasteiger partial charge in [0.1, 0.15) is 24.5 Å². The highest BCUT2D eigenvalue weighted by molar-refractivity contribution is 5.48. The molecule has 0 radical (unpaired) electrons. The van der Waals surface area contributed by atoms with Crippen LogP contribution >= 0.6 is 0 Å². The Hall–Kier alpha value is -2.55. The summed E-state index contributed by atoms with van der Waals surface area (Å²) in [6, 6.07) is 5.90. The summed E-state index contributed by atoms with van der Waals surface area (Å²) in [6.45, 7) is 0.996. The van der Waals surface area contributed by atoms with E-state index in [1.54, 1.807) is 4.90 Å². The van der Waals surface area contributed by atoms with Gasteiger partial charge >= 0.3 is 0 Å². The van der Waals surface area contributed by atoms with Crippen LogP contribution in [0.3, 0.4) is 0 Å². The summed E-state index contributed by atoms with van der Waals surface area (Å²) in [5.74, 6) is 1.47. The van der Waals surface area contributed by atoms with Crippen molar-refractivity contribution >= 4 is 11.6 Å². The van der Waals surface area contributed by atoms with E-state index in [1.807, 2.05) is 31.6 Å². The summed E-state index contributed by atoms with van der Waals surface area (Å²) in [4.78, 5) is 13.0. The Morgan fingerprint density at radius 2 is 2.39 bits per heavy atom. The topological polar surface area (TPSA) is 80.6 Å². The van der Waals surface area contributed by atoms with E-state index in [-0.39, 0.29) is 0 Å². The third-order valence-corrected chi connectivity index (χ3v) is 2.49. The number of rotatable bonds is 5. The molecule has 6 nitrogen and oxygen atoms in total. The van der Waals surface area contributed by atoms with Gasteiger partial charge in [0.2, 0.25) is 0 Å². The second-order valence-electron chi connectivity index (χ2n) is 3.85. The zero-order valence-corrected chi connectivity index (χ0v) is 10.1. The van der Waals surface area contributed by atoms with E-state index >= 15 is 0 Å². The van der Waals surface area contributed by atoms with E-state index in [1.165, 1.54) is 6.33 Å². The van der Waals surface area contributed by atoms with Gasteiger partial charge in [-0.05, 0) is 11.6 Å². The first-order chi connectivity index (χ1) is 8.79. The molecule has 0 aliphatic carbocycles. The molecule has 18 heavy (non-hydrogen) atoms. The molecule has 0 fully saturated rings. The molecule has 0 amide bonds. The van der Waals surface area contributed by atoms with Gasteiger partial charge in [-0.15, -0.1) is 0 Å². The van der Waals surface area contributed by atoms with E-state index in [4.69, 9.17) is 5.26 Å². The Balaban J connectivity index is 2.01. The molecule has 2 aromatic heterocycles. The van der Waals surface area contributed by atoms with Crippen LogP contribution in [-0.2, 0) is 6.54 Å². The summed E-state index contributed by atoms with van der Waals surface area (Å²) in [5, 5.41) is 11.8. The molecule has 2 N–H and O–H groups in total. The molecule has 0 unspecified atom stereocenters. The van der Waals surface area contributed by atoms with Gasteiger partial charge in [-0.25, -0.2) is 9.97 Å². The molecule has 2 heterocycles. The fourth-order valence-corrected chi connectivity index (χ4v) is 1.50. The van der Waals surface area contributed by atoms with Crippen LogP contribution in [0.25, 0.3) is 0 Å². The first-order valence-electron chi connectivity index (χ1n) is 5.55. The maximum atomic E-state index is 8.64. The molecule has 0 saturated heterocycles. The monoisotopic (exact) mass is 242 g/mol. The van der Waals surface area contributed by atoms with E-state index in [9.17, 15) is 0 Å². The number of nitrogens with one attached hydrogen (secondary N) is 2. The maximum absolute atomic E-state index is 8.64. The second kappa shape index (κ2) is 5.68. The Labute approximate surface area is 105 Å². The lowest BCUT2D eigenvalue weighted by Crippen LogP contribution is -2.18. The number of anilines is 2. The van der Waals surface area contributed by atoms with Crippen LogP contribution < -0.4 is 10.2 Å². The molecule has 0 aromatic carbocycles. The fraction of sp³-hybridized carbons (Fsp3) is 0.250. The van der Waals surface area contributed by atoms with E-state index in [0.717, 1.165) is 17.2 Å². The van der Waals surface area contributed by atoms with Crippen molar-refractivity contribution in [2.45, 2.75) is 6.54 Å². The van der Waals surface area contributed by atoms with Gasteiger partial charge in [-0.1, -0.05) is 0 Å². The quantitative estimate of drug-likeness (QED) is 0.774. The lowest BCUT2D eigenvalue weighted by atomic mass is 10.3. The SMILES string of the molecule is CN(CC#N)c1cc(NCc2cc[nH]c2)ncn1. The number of hydrogen-bond donors (Lipinski definition) is 2. The minimum Gasteiger partial charge on any atom is -0.367 e. The number of hydrogen-bond acceptors (Lipinski definition) is 5. The third kappa shape index (κ3) is 2.98. The van der Waals surface area contributed by atoms with Gasteiger partial charge in [-0.2, -0.15) is 5.26 Å². The van der Waals surface area contributed by atoms with Crippen molar-refractivity contribution in [3.05, 3.63) is 36.4 Å². The summed E-state index contributed by atoms with van der Waals surface area (Å²) < 4.78 is 0. The maximum Gasteiger partial charge on any atom is 0.134 e. The van der Waals surface area contributed by atoms with Crippen molar-refractivity contribution in [2.24, 2.45) is 0 Å². The lowest BCUT2D eigenvalue weighted by Gasteiger charge is -2.14. The summed E-state index contributed by atoms with van der Waals surface area (Å²) in [6.07, 6.45) is 5.29. The van der Waals surface area contributed by atoms with Gasteiger partial charge in [-0.3, -0.25) is 0 Å². The molecule has 2 rings (SSSR count). The Kier molecular flexibility index (Phi) is 3.76. The van der Waals surface area contributed by atoms with Gasteiger partial charge in [0, 0.05) is 32.1 Å². The van der Waals surface area contributed by atoms with Crippen LogP contribution in [0.1, 0.15) is 5.56 Å². The molecule has 92 valence electrons. The van der Waals surface area contributed by atoms with Gasteiger partial charge in [0.05, 0.1) is 6.07 Å². The first-order valence-corrected chi connectivity index (χ1v) is 5.55. The van der Waals surface area contributed by atoms with Gasteiger partial charge in [0.25, 0.3) is 0 Å². The smallest absolute Gasteiger partial charge is 0.134 e. The average Bonchev–Trinajstić information content (AvgIpc) is 2.90. The van der Waals surface area contributed by atoms with Crippen molar-refractivity contribution in [1.82, 2.24) is 15.0 Å². The first kappa shape index (κ1) is 11.9. The van der Waals surface area contributed by atoms with Crippen molar-refractivity contribution in [1.29, 1.82) is 5.26 Å². The summed E-state index contributed by atoms with van der Waals surface area (Å²) >= 11 is 0. The Morgan fingerprint density at radius 1 is 1.50 bits per heavy atom. The highest BCUT2D eigenvalue weighted by Gasteiger charge is 2.03. The van der Waals surface area contributed by atoms with E-state index in [2.05, 4.69) is 26.3 Å². The second-order valence-corrected chi connectivity index (χ2v) is 3.85. The zero-order valence-electron chi connectivity index (χ0n) is 10.1. The molecule has 6 heteroatoms. The van der Waals surface area contributed by atoms with Crippen LogP contribution in [0.4, 0.5) is 11.6 Å². The molecule has 0 aliphatic heterocycles. The number of nitrogens with zero attached hydrogens (tertiary/aromatic N) is 4. The van der Waals surface area contributed by atoms with E-state index in [0.29, 0.717) is 13.1 Å². The van der Waals surface area contributed by atoms with Crippen LogP contribution in [0, 0.1) is 11.3 Å². The predicted molar refractivity (Wildman–Crippen MR) is 69.0 cm³/mol. The number of H-pyrrole nitrogens is 1. The van der Waals surface area contributed by atoms with Crippen LogP contribution in [0.15, 0.2) is 30.9 Å². The minimum atomic E-state index is 0.300. The van der Waals surface area contributed by atoms with Crippen LogP contribution in [0.2, 0.25) is 0 Å². The third-order valence-electron chi connectivity index (χ3n) is 2.49. The van der Waals surface area contributed by atoms with Crippen LogP contribution in [0.5, 0.6) is 0 Å². The number of aromatic amines is 1. The van der Waals surface area contributed by atoms with Crippen molar-refractivity contribution in [3.63, 3.8) is 0 Å². The Bertz CT molecular complexity index is 528. The summed E-state index contributed by atoms with van der Waals surface area (Å²) in [7, 11) is 1.82. The molecule has 2 aromatic rings. The highest BCUT2D eigenvalue weighted by atomic mass is 15.2. The van der Waals surface area contributed by atoms with E-state index < -0.39 is 0 Å². The molecule has 0 saturated carbocycles. The molecule has 0 aliphatic rings. The molecule has 0 bridgehead atoms. The Morgan fingerprint density at radius 3 is 3.11 bits per heavy atom. The summed E-state index contributed by atoms with van der Waals surface area (Å²) in [5.41, 5.74) is 1.15. The van der Waals surface area contributed by atoms with Gasteiger partial charge in [0.15, 0.2) is 0 Å². The molecule has 0 atom stereocenters. The fourth-order valence-electron chi connectivity index (χ4n) is 1.50. The normalized spacial score (nSPS) is 9.78. The van der Waals surface area contributed by atoms with Crippen molar-refractivity contribution in [3.8, 4) is 6.07 Å². The van der Waals surface area contributed by atoms with Crippen LogP contribution in [-0.4, -0.2) is 28.5 Å². The predicted octanol–water partition coefficient (Wildman–Crippen LogP) is 1.38. The van der Waals surface area contributed by atoms with Crippen molar-refractivity contribution in [2.75, 3.05) is 23.8 Å². The average molecular weight is 242 g/mol.